The lowest BCUT2D eigenvalue weighted by Crippen LogP contribution is -2.21. The zero-order valence-electron chi connectivity index (χ0n) is 10.6. The minimum atomic E-state index is 0.535. The van der Waals surface area contributed by atoms with Crippen LogP contribution in [0.1, 0.15) is 50.1 Å². The van der Waals surface area contributed by atoms with Crippen molar-refractivity contribution in [3.05, 3.63) is 33.4 Å². The first kappa shape index (κ1) is 13.3. The Morgan fingerprint density at radius 1 is 1.29 bits per heavy atom. The van der Waals surface area contributed by atoms with Gasteiger partial charge in [-0.3, -0.25) is 0 Å². The molecule has 0 aromatic heterocycles. The Bertz CT molecular complexity index is 345. The molecule has 17 heavy (non-hydrogen) atoms. The van der Waals surface area contributed by atoms with Crippen molar-refractivity contribution in [1.29, 1.82) is 0 Å². The quantitative estimate of drug-likeness (QED) is 0.793. The van der Waals surface area contributed by atoms with Gasteiger partial charge in [0.25, 0.3) is 0 Å². The smallest absolute Gasteiger partial charge is 0.0320 e. The normalized spacial score (nSPS) is 19.2. The Hall–Kier alpha value is -0.0900. The highest BCUT2D eigenvalue weighted by atomic mass is 127. The lowest BCUT2D eigenvalue weighted by atomic mass is 9.83. The third kappa shape index (κ3) is 3.95. The topological polar surface area (TPSA) is 12.0 Å². The maximum Gasteiger partial charge on any atom is 0.0320 e. The number of hydrogen-bond acceptors (Lipinski definition) is 1. The van der Waals surface area contributed by atoms with Crippen molar-refractivity contribution < 1.29 is 0 Å². The number of benzene rings is 1. The van der Waals surface area contributed by atoms with Crippen molar-refractivity contribution in [3.63, 3.8) is 0 Å². The molecule has 2 rings (SSSR count). The second-order valence-corrected chi connectivity index (χ2v) is 6.38. The zero-order chi connectivity index (χ0) is 12.1. The van der Waals surface area contributed by atoms with Gasteiger partial charge in [0.05, 0.1) is 0 Å². The molecular weight excluding hydrogens is 321 g/mol. The van der Waals surface area contributed by atoms with Crippen LogP contribution < -0.4 is 5.32 Å². The van der Waals surface area contributed by atoms with Gasteiger partial charge >= 0.3 is 0 Å². The molecule has 0 saturated heterocycles. The maximum atomic E-state index is 3.49. The summed E-state index contributed by atoms with van der Waals surface area (Å²) < 4.78 is 1.34. The van der Waals surface area contributed by atoms with Gasteiger partial charge in [-0.05, 0) is 59.7 Å². The van der Waals surface area contributed by atoms with E-state index in [0.717, 1.165) is 5.92 Å². The van der Waals surface area contributed by atoms with Gasteiger partial charge in [-0.1, -0.05) is 44.2 Å². The van der Waals surface area contributed by atoms with Crippen molar-refractivity contribution in [2.45, 2.75) is 44.6 Å². The van der Waals surface area contributed by atoms with Crippen molar-refractivity contribution in [2.24, 2.45) is 5.92 Å². The molecule has 2 heteroatoms. The van der Waals surface area contributed by atoms with E-state index in [-0.39, 0.29) is 0 Å². The van der Waals surface area contributed by atoms with E-state index in [1.54, 1.807) is 0 Å². The SMILES string of the molecule is CNC(CC1CCCCC1)c1cccc(I)c1. The average molecular weight is 343 g/mol. The highest BCUT2D eigenvalue weighted by Crippen LogP contribution is 2.31. The highest BCUT2D eigenvalue weighted by Gasteiger charge is 2.19. The Labute approximate surface area is 119 Å². The third-order valence-electron chi connectivity index (χ3n) is 3.89. The fourth-order valence-corrected chi connectivity index (χ4v) is 3.47. The fraction of sp³-hybridized carbons (Fsp3) is 0.600. The zero-order valence-corrected chi connectivity index (χ0v) is 12.7. The van der Waals surface area contributed by atoms with Crippen LogP contribution in [0.5, 0.6) is 0 Å². The Kier molecular flexibility index (Phi) is 5.29. The maximum absolute atomic E-state index is 3.49. The summed E-state index contributed by atoms with van der Waals surface area (Å²) in [4.78, 5) is 0. The predicted molar refractivity (Wildman–Crippen MR) is 82.2 cm³/mol. The average Bonchev–Trinajstić information content (AvgIpc) is 2.37. The van der Waals surface area contributed by atoms with E-state index in [2.05, 4.69) is 59.2 Å². The number of halogens is 1. The molecule has 0 heterocycles. The van der Waals surface area contributed by atoms with E-state index in [1.807, 2.05) is 0 Å². The third-order valence-corrected chi connectivity index (χ3v) is 4.56. The minimum Gasteiger partial charge on any atom is -0.313 e. The van der Waals surface area contributed by atoms with Crippen LogP contribution in [0.2, 0.25) is 0 Å². The summed E-state index contributed by atoms with van der Waals surface area (Å²) in [7, 11) is 2.09. The van der Waals surface area contributed by atoms with Gasteiger partial charge in [-0.2, -0.15) is 0 Å². The summed E-state index contributed by atoms with van der Waals surface area (Å²) in [5.74, 6) is 0.930. The standard InChI is InChI=1S/C15H22IN/c1-17-15(10-12-6-3-2-4-7-12)13-8-5-9-14(16)11-13/h5,8-9,11-12,15,17H,2-4,6-7,10H2,1H3. The van der Waals surface area contributed by atoms with Crippen molar-refractivity contribution in [3.8, 4) is 0 Å². The molecule has 0 aliphatic heterocycles. The van der Waals surface area contributed by atoms with Crippen LogP contribution in [0.25, 0.3) is 0 Å². The molecule has 1 atom stereocenters. The summed E-state index contributed by atoms with van der Waals surface area (Å²) in [5, 5.41) is 3.49. The Morgan fingerprint density at radius 3 is 2.71 bits per heavy atom. The second kappa shape index (κ2) is 6.74. The fourth-order valence-electron chi connectivity index (χ4n) is 2.90. The Morgan fingerprint density at radius 2 is 2.06 bits per heavy atom. The van der Waals surface area contributed by atoms with E-state index in [9.17, 15) is 0 Å². The Balaban J connectivity index is 2.00. The summed E-state index contributed by atoms with van der Waals surface area (Å²) in [6, 6.07) is 9.43. The molecule has 0 spiro atoms. The minimum absolute atomic E-state index is 0.535. The molecular formula is C15H22IN. The largest absolute Gasteiger partial charge is 0.313 e. The summed E-state index contributed by atoms with van der Waals surface area (Å²) in [6.45, 7) is 0. The van der Waals surface area contributed by atoms with Gasteiger partial charge in [0, 0.05) is 9.61 Å². The van der Waals surface area contributed by atoms with Crippen LogP contribution in [0, 0.1) is 9.49 Å². The first-order valence-electron chi connectivity index (χ1n) is 6.72. The first-order chi connectivity index (χ1) is 8.29. The first-order valence-corrected chi connectivity index (χ1v) is 7.80. The van der Waals surface area contributed by atoms with E-state index in [4.69, 9.17) is 0 Å². The lowest BCUT2D eigenvalue weighted by molar-refractivity contribution is 0.306. The molecule has 0 bridgehead atoms. The summed E-state index contributed by atoms with van der Waals surface area (Å²) in [5.41, 5.74) is 1.45. The molecule has 1 saturated carbocycles. The summed E-state index contributed by atoms with van der Waals surface area (Å²) >= 11 is 2.40. The van der Waals surface area contributed by atoms with E-state index in [1.165, 1.54) is 47.7 Å². The van der Waals surface area contributed by atoms with Crippen LogP contribution in [-0.2, 0) is 0 Å². The van der Waals surface area contributed by atoms with Crippen LogP contribution in [-0.4, -0.2) is 7.05 Å². The van der Waals surface area contributed by atoms with Crippen LogP contribution in [0.3, 0.4) is 0 Å². The molecule has 1 aliphatic carbocycles. The number of nitrogens with one attached hydrogen (secondary N) is 1. The van der Waals surface area contributed by atoms with E-state index < -0.39 is 0 Å². The second-order valence-electron chi connectivity index (χ2n) is 5.14. The molecule has 0 radical (unpaired) electrons. The number of rotatable bonds is 4. The molecule has 0 amide bonds. The predicted octanol–water partition coefficient (Wildman–Crippen LogP) is 4.52. The molecule has 1 aromatic carbocycles. The van der Waals surface area contributed by atoms with Gasteiger partial charge in [-0.25, -0.2) is 0 Å². The van der Waals surface area contributed by atoms with E-state index >= 15 is 0 Å². The van der Waals surface area contributed by atoms with Gasteiger partial charge < -0.3 is 5.32 Å². The number of hydrogen-bond donors (Lipinski definition) is 1. The molecule has 1 unspecified atom stereocenters. The molecule has 1 nitrogen and oxygen atoms in total. The van der Waals surface area contributed by atoms with Crippen molar-refractivity contribution in [1.82, 2.24) is 5.32 Å². The van der Waals surface area contributed by atoms with Gasteiger partial charge in [0.2, 0.25) is 0 Å². The van der Waals surface area contributed by atoms with Crippen LogP contribution >= 0.6 is 22.6 Å². The molecule has 94 valence electrons. The molecule has 1 aliphatic rings. The molecule has 1 N–H and O–H groups in total. The van der Waals surface area contributed by atoms with Gasteiger partial charge in [0.1, 0.15) is 0 Å². The monoisotopic (exact) mass is 343 g/mol. The van der Waals surface area contributed by atoms with Gasteiger partial charge in [0.15, 0.2) is 0 Å². The van der Waals surface area contributed by atoms with E-state index in [0.29, 0.717) is 6.04 Å². The molecule has 1 fully saturated rings. The highest BCUT2D eigenvalue weighted by molar-refractivity contribution is 14.1. The van der Waals surface area contributed by atoms with Gasteiger partial charge in [-0.15, -0.1) is 0 Å². The molecule has 1 aromatic rings. The van der Waals surface area contributed by atoms with Crippen LogP contribution in [0.4, 0.5) is 0 Å². The lowest BCUT2D eigenvalue weighted by Gasteiger charge is -2.26. The van der Waals surface area contributed by atoms with Crippen molar-refractivity contribution >= 4 is 22.6 Å². The van der Waals surface area contributed by atoms with Crippen molar-refractivity contribution in [2.75, 3.05) is 7.05 Å². The van der Waals surface area contributed by atoms with Crippen LogP contribution in [0.15, 0.2) is 24.3 Å². The summed E-state index contributed by atoms with van der Waals surface area (Å²) in [6.07, 6.45) is 8.49.